The smallest absolute Gasteiger partial charge is 0.301 e. The van der Waals surface area contributed by atoms with Crippen LogP contribution in [0.5, 0.6) is 17.2 Å². The van der Waals surface area contributed by atoms with Crippen LogP contribution >= 0.6 is 11.3 Å². The number of thiazole rings is 1. The molecule has 4 aromatic rings. The summed E-state index contributed by atoms with van der Waals surface area (Å²) < 4.78 is 11.7. The van der Waals surface area contributed by atoms with Crippen LogP contribution in [-0.4, -0.2) is 40.6 Å². The van der Waals surface area contributed by atoms with Crippen molar-refractivity contribution in [1.29, 1.82) is 0 Å². The van der Waals surface area contributed by atoms with Gasteiger partial charge in [0, 0.05) is 5.56 Å². The van der Waals surface area contributed by atoms with Gasteiger partial charge in [-0.1, -0.05) is 35.6 Å². The number of methoxy groups -OCH3 is 1. The summed E-state index contributed by atoms with van der Waals surface area (Å²) in [4.78, 5) is 32.9. The molecule has 0 aliphatic carbocycles. The number of rotatable bonds is 6. The molecule has 0 radical (unpaired) electrons. The molecular formula is C28H24N2O6S. The average Bonchev–Trinajstić information content (AvgIpc) is 3.42. The summed E-state index contributed by atoms with van der Waals surface area (Å²) >= 11 is 1.28. The first-order valence-electron chi connectivity index (χ1n) is 11.6. The SMILES string of the molecule is CCOc1cc(C2C(=C(O)c3cccc(OC)c3)C(=O)C(=O)N2c2nc3ccc(C)cc3s2)ccc1O. The Bertz CT molecular complexity index is 1570. The summed E-state index contributed by atoms with van der Waals surface area (Å²) in [6.07, 6.45) is 0. The third-order valence-electron chi connectivity index (χ3n) is 6.13. The van der Waals surface area contributed by atoms with Gasteiger partial charge < -0.3 is 19.7 Å². The van der Waals surface area contributed by atoms with Crippen LogP contribution in [0.25, 0.3) is 16.0 Å². The Balaban J connectivity index is 1.74. The quantitative estimate of drug-likeness (QED) is 0.202. The lowest BCUT2D eigenvalue weighted by atomic mass is 9.95. The van der Waals surface area contributed by atoms with Crippen molar-refractivity contribution >= 4 is 44.1 Å². The molecule has 1 fully saturated rings. The Kier molecular flexibility index (Phi) is 6.31. The number of nitrogens with zero attached hydrogens (tertiary/aromatic N) is 2. The monoisotopic (exact) mass is 516 g/mol. The number of phenolic OH excluding ortho intramolecular Hbond substituents is 1. The number of hydrogen-bond donors (Lipinski definition) is 2. The Labute approximate surface area is 217 Å². The zero-order valence-corrected chi connectivity index (χ0v) is 21.2. The summed E-state index contributed by atoms with van der Waals surface area (Å²) in [6.45, 7) is 4.05. The molecule has 0 saturated carbocycles. The van der Waals surface area contributed by atoms with E-state index in [0.717, 1.165) is 10.3 Å². The molecule has 1 atom stereocenters. The largest absolute Gasteiger partial charge is 0.507 e. The lowest BCUT2D eigenvalue weighted by Gasteiger charge is -2.23. The highest BCUT2D eigenvalue weighted by atomic mass is 32.1. The van der Waals surface area contributed by atoms with Gasteiger partial charge in [0.15, 0.2) is 16.6 Å². The molecule has 2 N–H and O–H groups in total. The zero-order valence-electron chi connectivity index (χ0n) is 20.4. The number of aromatic hydroxyl groups is 1. The number of amides is 1. The molecule has 3 aromatic carbocycles. The molecule has 188 valence electrons. The van der Waals surface area contributed by atoms with Gasteiger partial charge in [0.2, 0.25) is 0 Å². The van der Waals surface area contributed by atoms with Crippen LogP contribution < -0.4 is 14.4 Å². The molecular weight excluding hydrogens is 492 g/mol. The number of benzene rings is 3. The normalized spacial score (nSPS) is 16.9. The second-order valence-corrected chi connectivity index (χ2v) is 9.54. The van der Waals surface area contributed by atoms with Crippen LogP contribution in [0.3, 0.4) is 0 Å². The van der Waals surface area contributed by atoms with Crippen molar-refractivity contribution in [2.24, 2.45) is 0 Å². The van der Waals surface area contributed by atoms with E-state index in [2.05, 4.69) is 4.98 Å². The van der Waals surface area contributed by atoms with E-state index < -0.39 is 17.7 Å². The summed E-state index contributed by atoms with van der Waals surface area (Å²) in [7, 11) is 1.50. The molecule has 9 heteroatoms. The summed E-state index contributed by atoms with van der Waals surface area (Å²) in [5.74, 6) is -1.38. The first-order chi connectivity index (χ1) is 17.8. The maximum absolute atomic E-state index is 13.5. The van der Waals surface area contributed by atoms with E-state index in [1.54, 1.807) is 43.3 Å². The topological polar surface area (TPSA) is 109 Å². The number of aryl methyl sites for hydroxylation is 1. The zero-order chi connectivity index (χ0) is 26.3. The first kappa shape index (κ1) is 24.3. The predicted molar refractivity (Wildman–Crippen MR) is 141 cm³/mol. The number of aliphatic hydroxyl groups is 1. The van der Waals surface area contributed by atoms with Crippen molar-refractivity contribution in [2.75, 3.05) is 18.6 Å². The van der Waals surface area contributed by atoms with E-state index >= 15 is 0 Å². The van der Waals surface area contributed by atoms with Gasteiger partial charge in [0.25, 0.3) is 5.78 Å². The minimum atomic E-state index is -1.01. The van der Waals surface area contributed by atoms with Gasteiger partial charge in [-0.2, -0.15) is 0 Å². The minimum absolute atomic E-state index is 0.0780. The lowest BCUT2D eigenvalue weighted by molar-refractivity contribution is -0.132. The van der Waals surface area contributed by atoms with E-state index in [1.807, 2.05) is 25.1 Å². The molecule has 1 saturated heterocycles. The first-order valence-corrected chi connectivity index (χ1v) is 12.4. The number of carbonyl (C=O) groups excluding carboxylic acids is 2. The van der Waals surface area contributed by atoms with Gasteiger partial charge in [-0.3, -0.25) is 14.5 Å². The summed E-state index contributed by atoms with van der Waals surface area (Å²) in [6, 6.07) is 16.0. The van der Waals surface area contributed by atoms with Crippen molar-refractivity contribution in [3.05, 3.63) is 82.9 Å². The number of anilines is 1. The van der Waals surface area contributed by atoms with Crippen LogP contribution in [0.15, 0.2) is 66.2 Å². The van der Waals surface area contributed by atoms with E-state index in [-0.39, 0.29) is 22.8 Å². The van der Waals surface area contributed by atoms with Crippen molar-refractivity contribution in [2.45, 2.75) is 19.9 Å². The highest BCUT2D eigenvalue weighted by Gasteiger charge is 2.48. The third-order valence-corrected chi connectivity index (χ3v) is 7.14. The molecule has 1 unspecified atom stereocenters. The number of aliphatic hydroxyl groups excluding tert-OH is 1. The Hall–Kier alpha value is -4.37. The lowest BCUT2D eigenvalue weighted by Crippen LogP contribution is -2.29. The molecule has 0 spiro atoms. The van der Waals surface area contributed by atoms with E-state index in [4.69, 9.17) is 9.47 Å². The summed E-state index contributed by atoms with van der Waals surface area (Å²) in [5.41, 5.74) is 2.44. The highest BCUT2D eigenvalue weighted by Crippen LogP contribution is 2.46. The average molecular weight is 517 g/mol. The van der Waals surface area contributed by atoms with Gasteiger partial charge in [0.1, 0.15) is 11.5 Å². The predicted octanol–water partition coefficient (Wildman–Crippen LogP) is 5.34. The second kappa shape index (κ2) is 9.59. The molecule has 1 amide bonds. The van der Waals surface area contributed by atoms with Gasteiger partial charge in [-0.25, -0.2) is 4.98 Å². The molecule has 1 aromatic heterocycles. The number of phenols is 1. The maximum atomic E-state index is 13.5. The number of ether oxygens (including phenoxy) is 2. The fourth-order valence-electron chi connectivity index (χ4n) is 4.37. The highest BCUT2D eigenvalue weighted by molar-refractivity contribution is 7.22. The van der Waals surface area contributed by atoms with E-state index in [1.165, 1.54) is 29.4 Å². The van der Waals surface area contributed by atoms with E-state index in [0.29, 0.717) is 34.1 Å². The Morgan fingerprint density at radius 2 is 1.92 bits per heavy atom. The minimum Gasteiger partial charge on any atom is -0.507 e. The van der Waals surface area contributed by atoms with Gasteiger partial charge >= 0.3 is 5.91 Å². The van der Waals surface area contributed by atoms with Gasteiger partial charge in [-0.05, 0) is 61.4 Å². The maximum Gasteiger partial charge on any atom is 0.301 e. The standard InChI is InChI=1S/C28H24N2O6S/c1-4-36-21-14-16(9-11-20(21)31)24-23(25(32)17-6-5-7-18(13-17)35-3)26(33)27(34)30(24)28-29-19-10-8-15(2)12-22(19)37-28/h5-14,24,31-32H,4H2,1-3H3. The molecule has 37 heavy (non-hydrogen) atoms. The van der Waals surface area contributed by atoms with Crippen LogP contribution in [0.2, 0.25) is 0 Å². The molecule has 1 aliphatic rings. The van der Waals surface area contributed by atoms with Crippen LogP contribution in [-0.2, 0) is 9.59 Å². The molecule has 0 bridgehead atoms. The second-order valence-electron chi connectivity index (χ2n) is 8.53. The molecule has 5 rings (SSSR count). The van der Waals surface area contributed by atoms with Crippen molar-refractivity contribution in [1.82, 2.24) is 4.98 Å². The van der Waals surface area contributed by atoms with E-state index in [9.17, 15) is 19.8 Å². The number of fused-ring (bicyclic) bond motifs is 1. The van der Waals surface area contributed by atoms with Crippen molar-refractivity contribution < 1.29 is 29.3 Å². The van der Waals surface area contributed by atoms with Crippen LogP contribution in [0, 0.1) is 6.92 Å². The Morgan fingerprint density at radius 1 is 1.11 bits per heavy atom. The van der Waals surface area contributed by atoms with Gasteiger partial charge in [0.05, 0.1) is 35.5 Å². The molecule has 2 heterocycles. The van der Waals surface area contributed by atoms with Crippen LogP contribution in [0.4, 0.5) is 5.13 Å². The molecule has 1 aliphatic heterocycles. The summed E-state index contributed by atoms with van der Waals surface area (Å²) in [5, 5.41) is 21.9. The number of aromatic nitrogens is 1. The number of carbonyl (C=O) groups is 2. The third kappa shape index (κ3) is 4.27. The number of hydrogen-bond acceptors (Lipinski definition) is 8. The number of ketones is 1. The van der Waals surface area contributed by atoms with Gasteiger partial charge in [-0.15, -0.1) is 0 Å². The fourth-order valence-corrected chi connectivity index (χ4v) is 5.46. The Morgan fingerprint density at radius 3 is 2.68 bits per heavy atom. The number of Topliss-reactive ketones (excluding diaryl/α,β-unsaturated/α-hetero) is 1. The van der Waals surface area contributed by atoms with Crippen LogP contribution in [0.1, 0.15) is 29.7 Å². The molecule has 8 nitrogen and oxygen atoms in total. The van der Waals surface area contributed by atoms with Crippen molar-refractivity contribution in [3.63, 3.8) is 0 Å². The van der Waals surface area contributed by atoms with Crippen molar-refractivity contribution in [3.8, 4) is 17.2 Å². The fraction of sp³-hybridized carbons (Fsp3) is 0.179.